The highest BCUT2D eigenvalue weighted by molar-refractivity contribution is 6.31. The van der Waals surface area contributed by atoms with Crippen LogP contribution < -0.4 is 10.1 Å². The summed E-state index contributed by atoms with van der Waals surface area (Å²) in [4.78, 5) is 14.1. The van der Waals surface area contributed by atoms with Gasteiger partial charge in [-0.25, -0.2) is 4.79 Å². The smallest absolute Gasteiger partial charge is 0.321 e. The first-order chi connectivity index (χ1) is 9.20. The minimum atomic E-state index is -0.0810. The van der Waals surface area contributed by atoms with Gasteiger partial charge >= 0.3 is 6.03 Å². The van der Waals surface area contributed by atoms with E-state index < -0.39 is 0 Å². The Hall–Kier alpha value is -1.42. The molecule has 1 aromatic carbocycles. The van der Waals surface area contributed by atoms with Crippen LogP contribution in [0.25, 0.3) is 0 Å². The standard InChI is InChI=1S/C14H19ClN2O2/c1-19-13-7-6-11(15)10-12(13)16-14(18)17-8-4-2-3-5-9-17/h6-7,10H,2-5,8-9H2,1H3,(H,16,18). The summed E-state index contributed by atoms with van der Waals surface area (Å²) in [6.45, 7) is 1.63. The van der Waals surface area contributed by atoms with E-state index in [1.165, 1.54) is 12.8 Å². The summed E-state index contributed by atoms with van der Waals surface area (Å²) in [7, 11) is 1.57. The number of methoxy groups -OCH3 is 1. The van der Waals surface area contributed by atoms with Gasteiger partial charge in [-0.2, -0.15) is 0 Å². The van der Waals surface area contributed by atoms with Crippen molar-refractivity contribution >= 4 is 23.3 Å². The van der Waals surface area contributed by atoms with Crippen molar-refractivity contribution in [2.24, 2.45) is 0 Å². The van der Waals surface area contributed by atoms with Crippen LogP contribution in [-0.2, 0) is 0 Å². The fourth-order valence-electron chi connectivity index (χ4n) is 2.25. The molecule has 0 bridgehead atoms. The Bertz CT molecular complexity index is 443. The van der Waals surface area contributed by atoms with E-state index in [1.54, 1.807) is 25.3 Å². The first-order valence-corrected chi connectivity index (χ1v) is 6.98. The van der Waals surface area contributed by atoms with Gasteiger partial charge in [-0.15, -0.1) is 0 Å². The van der Waals surface area contributed by atoms with E-state index in [2.05, 4.69) is 5.32 Å². The monoisotopic (exact) mass is 282 g/mol. The minimum Gasteiger partial charge on any atom is -0.495 e. The molecule has 0 radical (unpaired) electrons. The number of urea groups is 1. The van der Waals surface area contributed by atoms with Crippen LogP contribution in [0.1, 0.15) is 25.7 Å². The average molecular weight is 283 g/mol. The van der Waals surface area contributed by atoms with Crippen LogP contribution in [0, 0.1) is 0 Å². The van der Waals surface area contributed by atoms with Gasteiger partial charge in [0.2, 0.25) is 0 Å². The predicted molar refractivity (Wildman–Crippen MR) is 77.1 cm³/mol. The highest BCUT2D eigenvalue weighted by Crippen LogP contribution is 2.28. The molecule has 1 aliphatic heterocycles. The van der Waals surface area contributed by atoms with Crippen molar-refractivity contribution in [1.82, 2.24) is 4.90 Å². The van der Waals surface area contributed by atoms with E-state index in [9.17, 15) is 4.79 Å². The molecule has 5 heteroatoms. The Morgan fingerprint density at radius 3 is 2.58 bits per heavy atom. The van der Waals surface area contributed by atoms with Gasteiger partial charge < -0.3 is 15.0 Å². The molecular weight excluding hydrogens is 264 g/mol. The summed E-state index contributed by atoms with van der Waals surface area (Å²) in [6, 6.07) is 5.11. The molecule has 1 saturated heterocycles. The molecular formula is C14H19ClN2O2. The second kappa shape index (κ2) is 6.66. The van der Waals surface area contributed by atoms with E-state index in [0.29, 0.717) is 16.5 Å². The van der Waals surface area contributed by atoms with Crippen LogP contribution in [0.2, 0.25) is 5.02 Å². The predicted octanol–water partition coefficient (Wildman–Crippen LogP) is 3.76. The van der Waals surface area contributed by atoms with Crippen molar-refractivity contribution in [3.8, 4) is 5.75 Å². The largest absolute Gasteiger partial charge is 0.495 e. The lowest BCUT2D eigenvalue weighted by Gasteiger charge is -2.21. The molecule has 2 amide bonds. The van der Waals surface area contributed by atoms with Crippen molar-refractivity contribution in [2.75, 3.05) is 25.5 Å². The fourth-order valence-corrected chi connectivity index (χ4v) is 2.42. The molecule has 1 N–H and O–H groups in total. The van der Waals surface area contributed by atoms with Crippen molar-refractivity contribution in [1.29, 1.82) is 0 Å². The van der Waals surface area contributed by atoms with Crippen molar-refractivity contribution in [2.45, 2.75) is 25.7 Å². The third kappa shape index (κ3) is 3.77. The van der Waals surface area contributed by atoms with E-state index in [1.807, 2.05) is 4.90 Å². The number of benzene rings is 1. The lowest BCUT2D eigenvalue weighted by molar-refractivity contribution is 0.213. The van der Waals surface area contributed by atoms with Crippen molar-refractivity contribution in [3.63, 3.8) is 0 Å². The first-order valence-electron chi connectivity index (χ1n) is 6.60. The highest BCUT2D eigenvalue weighted by atomic mass is 35.5. The number of carbonyl (C=O) groups is 1. The molecule has 104 valence electrons. The number of hydrogen-bond acceptors (Lipinski definition) is 2. The molecule has 4 nitrogen and oxygen atoms in total. The number of hydrogen-bond donors (Lipinski definition) is 1. The van der Waals surface area contributed by atoms with Crippen molar-refractivity contribution in [3.05, 3.63) is 23.2 Å². The van der Waals surface area contributed by atoms with Crippen LogP contribution in [0.3, 0.4) is 0 Å². The van der Waals surface area contributed by atoms with Crippen LogP contribution >= 0.6 is 11.6 Å². The van der Waals surface area contributed by atoms with Gasteiger partial charge in [0.25, 0.3) is 0 Å². The maximum atomic E-state index is 12.2. The molecule has 1 aromatic rings. The molecule has 0 atom stereocenters. The van der Waals surface area contributed by atoms with Crippen LogP contribution in [0.4, 0.5) is 10.5 Å². The Morgan fingerprint density at radius 2 is 1.95 bits per heavy atom. The zero-order valence-corrected chi connectivity index (χ0v) is 11.9. The first kappa shape index (κ1) is 14.0. The van der Waals surface area contributed by atoms with Gasteiger partial charge in [-0.1, -0.05) is 24.4 Å². The third-order valence-electron chi connectivity index (χ3n) is 3.30. The number of anilines is 1. The van der Waals surface area contributed by atoms with Gasteiger partial charge in [0.15, 0.2) is 0 Å². The summed E-state index contributed by atoms with van der Waals surface area (Å²) in [5, 5.41) is 3.45. The average Bonchev–Trinajstić information content (AvgIpc) is 2.68. The summed E-state index contributed by atoms with van der Waals surface area (Å²) in [5.74, 6) is 0.618. The lowest BCUT2D eigenvalue weighted by Crippen LogP contribution is -2.35. The maximum absolute atomic E-state index is 12.2. The second-order valence-corrected chi connectivity index (χ2v) is 5.11. The van der Waals surface area contributed by atoms with Gasteiger partial charge in [0, 0.05) is 18.1 Å². The highest BCUT2D eigenvalue weighted by Gasteiger charge is 2.17. The van der Waals surface area contributed by atoms with Crippen LogP contribution in [0.15, 0.2) is 18.2 Å². The summed E-state index contributed by atoms with van der Waals surface area (Å²) in [5.41, 5.74) is 0.615. The zero-order valence-electron chi connectivity index (χ0n) is 11.1. The molecule has 1 fully saturated rings. The molecule has 1 aliphatic rings. The molecule has 0 aliphatic carbocycles. The van der Waals surface area contributed by atoms with Gasteiger partial charge in [0.05, 0.1) is 12.8 Å². The number of rotatable bonds is 2. The molecule has 0 spiro atoms. The number of carbonyl (C=O) groups excluding carboxylic acids is 1. The molecule has 0 unspecified atom stereocenters. The Morgan fingerprint density at radius 1 is 1.26 bits per heavy atom. The Labute approximate surface area is 118 Å². The summed E-state index contributed by atoms with van der Waals surface area (Å²) in [6.07, 6.45) is 4.54. The summed E-state index contributed by atoms with van der Waals surface area (Å²) >= 11 is 5.95. The van der Waals surface area contributed by atoms with Crippen molar-refractivity contribution < 1.29 is 9.53 Å². The minimum absolute atomic E-state index is 0.0810. The van der Waals surface area contributed by atoms with E-state index in [-0.39, 0.29) is 6.03 Å². The second-order valence-electron chi connectivity index (χ2n) is 4.68. The number of likely N-dealkylation sites (tertiary alicyclic amines) is 1. The van der Waals surface area contributed by atoms with Gasteiger partial charge in [-0.05, 0) is 31.0 Å². The molecule has 2 rings (SSSR count). The third-order valence-corrected chi connectivity index (χ3v) is 3.53. The Balaban J connectivity index is 2.07. The molecule has 1 heterocycles. The maximum Gasteiger partial charge on any atom is 0.321 e. The number of nitrogens with zero attached hydrogens (tertiary/aromatic N) is 1. The summed E-state index contributed by atoms with van der Waals surface area (Å²) < 4.78 is 5.22. The number of nitrogens with one attached hydrogen (secondary N) is 1. The molecule has 0 saturated carbocycles. The lowest BCUT2D eigenvalue weighted by atomic mass is 10.2. The number of halogens is 1. The van der Waals surface area contributed by atoms with E-state index >= 15 is 0 Å². The Kier molecular flexibility index (Phi) is 4.91. The number of ether oxygens (including phenoxy) is 1. The van der Waals surface area contributed by atoms with Crippen LogP contribution in [0.5, 0.6) is 5.75 Å². The SMILES string of the molecule is COc1ccc(Cl)cc1NC(=O)N1CCCCCC1. The van der Waals surface area contributed by atoms with E-state index in [4.69, 9.17) is 16.3 Å². The van der Waals surface area contributed by atoms with Gasteiger partial charge in [-0.3, -0.25) is 0 Å². The fraction of sp³-hybridized carbons (Fsp3) is 0.500. The van der Waals surface area contributed by atoms with E-state index in [0.717, 1.165) is 25.9 Å². The zero-order chi connectivity index (χ0) is 13.7. The molecule has 0 aromatic heterocycles. The van der Waals surface area contributed by atoms with Crippen LogP contribution in [-0.4, -0.2) is 31.1 Å². The normalized spacial score (nSPS) is 15.8. The molecule has 19 heavy (non-hydrogen) atoms. The quantitative estimate of drug-likeness (QED) is 0.897. The number of amides is 2. The van der Waals surface area contributed by atoms with Gasteiger partial charge in [0.1, 0.15) is 5.75 Å². The topological polar surface area (TPSA) is 41.6 Å².